The fraction of sp³-hybridized carbons (Fsp3) is 0.600. The molecule has 0 N–H and O–H groups in total. The van der Waals surface area contributed by atoms with Gasteiger partial charge in [0.25, 0.3) is 0 Å². The molecule has 2 heterocycles. The van der Waals surface area contributed by atoms with Gasteiger partial charge in [0.2, 0.25) is 15.9 Å². The van der Waals surface area contributed by atoms with Crippen LogP contribution in [0.2, 0.25) is 0 Å². The minimum absolute atomic E-state index is 0.0154. The highest BCUT2D eigenvalue weighted by atomic mass is 32.2. The molecule has 1 aromatic rings. The average molecular weight is 424 g/mol. The first kappa shape index (κ1) is 21.7. The van der Waals surface area contributed by atoms with Gasteiger partial charge in [0.15, 0.2) is 0 Å². The number of benzene rings is 1. The Kier molecular flexibility index (Phi) is 7.26. The fourth-order valence-electron chi connectivity index (χ4n) is 3.88. The van der Waals surface area contributed by atoms with E-state index >= 15 is 0 Å². The monoisotopic (exact) mass is 423 g/mol. The van der Waals surface area contributed by atoms with E-state index in [2.05, 4.69) is 4.90 Å². The Balaban J connectivity index is 1.44. The van der Waals surface area contributed by atoms with Gasteiger partial charge in [-0.1, -0.05) is 30.3 Å². The van der Waals surface area contributed by atoms with E-state index in [-0.39, 0.29) is 23.5 Å². The molecule has 2 saturated heterocycles. The van der Waals surface area contributed by atoms with E-state index in [9.17, 15) is 18.0 Å². The molecular formula is C20H29N3O5S. The lowest BCUT2D eigenvalue weighted by Crippen LogP contribution is -2.53. The molecule has 0 aliphatic carbocycles. The van der Waals surface area contributed by atoms with Crippen molar-refractivity contribution in [1.29, 1.82) is 0 Å². The predicted molar refractivity (Wildman–Crippen MR) is 108 cm³/mol. The van der Waals surface area contributed by atoms with E-state index in [0.29, 0.717) is 58.7 Å². The highest BCUT2D eigenvalue weighted by Gasteiger charge is 2.31. The van der Waals surface area contributed by atoms with Crippen molar-refractivity contribution in [3.05, 3.63) is 35.9 Å². The van der Waals surface area contributed by atoms with Crippen molar-refractivity contribution in [3.63, 3.8) is 0 Å². The highest BCUT2D eigenvalue weighted by molar-refractivity contribution is 7.88. The number of hydrogen-bond donors (Lipinski definition) is 0. The molecule has 9 heteroatoms. The minimum Gasteiger partial charge on any atom is -0.469 e. The molecule has 0 bridgehead atoms. The smallest absolute Gasteiger partial charge is 0.308 e. The van der Waals surface area contributed by atoms with E-state index < -0.39 is 10.0 Å². The number of piperidine rings is 1. The van der Waals surface area contributed by atoms with Crippen LogP contribution in [0.3, 0.4) is 0 Å². The third-order valence-electron chi connectivity index (χ3n) is 5.66. The Labute approximate surface area is 172 Å². The molecule has 2 aliphatic rings. The van der Waals surface area contributed by atoms with Gasteiger partial charge in [-0.25, -0.2) is 8.42 Å². The molecule has 0 aromatic heterocycles. The van der Waals surface area contributed by atoms with Crippen molar-refractivity contribution in [2.45, 2.75) is 18.6 Å². The van der Waals surface area contributed by atoms with E-state index in [4.69, 9.17) is 4.74 Å². The van der Waals surface area contributed by atoms with Gasteiger partial charge in [-0.05, 0) is 31.5 Å². The molecule has 160 valence electrons. The Morgan fingerprint density at radius 2 is 1.62 bits per heavy atom. The van der Waals surface area contributed by atoms with Crippen LogP contribution in [-0.4, -0.2) is 87.3 Å². The number of ether oxygens (including phenoxy) is 1. The van der Waals surface area contributed by atoms with Crippen molar-refractivity contribution in [3.8, 4) is 0 Å². The summed E-state index contributed by atoms with van der Waals surface area (Å²) in [6, 6.07) is 9.13. The van der Waals surface area contributed by atoms with Crippen molar-refractivity contribution >= 4 is 21.9 Å². The zero-order chi connectivity index (χ0) is 20.9. The lowest BCUT2D eigenvalue weighted by atomic mass is 9.97. The summed E-state index contributed by atoms with van der Waals surface area (Å²) in [6.45, 7) is 3.16. The summed E-state index contributed by atoms with van der Waals surface area (Å²) in [6.07, 6.45) is 1.40. The standard InChI is InChI=1S/C20H29N3O5S/c1-28-20(25)18-7-9-21(10-8-18)15-19(24)22-11-13-23(14-12-22)29(26,27)16-17-5-3-2-4-6-17/h2-6,18H,7-16H2,1H3. The summed E-state index contributed by atoms with van der Waals surface area (Å²) in [5, 5.41) is 0. The van der Waals surface area contributed by atoms with Gasteiger partial charge in [-0.15, -0.1) is 0 Å². The second-order valence-corrected chi connectivity index (χ2v) is 9.56. The Bertz CT molecular complexity index is 799. The summed E-state index contributed by atoms with van der Waals surface area (Å²) >= 11 is 0. The van der Waals surface area contributed by atoms with Crippen LogP contribution in [0.15, 0.2) is 30.3 Å². The number of esters is 1. The lowest BCUT2D eigenvalue weighted by Gasteiger charge is -2.36. The largest absolute Gasteiger partial charge is 0.469 e. The van der Waals surface area contributed by atoms with Crippen LogP contribution in [-0.2, 0) is 30.1 Å². The number of sulfonamides is 1. The van der Waals surface area contributed by atoms with Gasteiger partial charge >= 0.3 is 5.97 Å². The number of nitrogens with zero attached hydrogens (tertiary/aromatic N) is 3. The zero-order valence-electron chi connectivity index (χ0n) is 16.8. The van der Waals surface area contributed by atoms with Crippen LogP contribution in [0.1, 0.15) is 18.4 Å². The summed E-state index contributed by atoms with van der Waals surface area (Å²) in [5.41, 5.74) is 0.765. The number of carbonyl (C=O) groups is 2. The molecule has 1 amide bonds. The number of hydrogen-bond acceptors (Lipinski definition) is 6. The maximum atomic E-state index is 12.6. The quantitative estimate of drug-likeness (QED) is 0.621. The van der Waals surface area contributed by atoms with Gasteiger partial charge in [-0.3, -0.25) is 14.5 Å². The first-order chi connectivity index (χ1) is 13.9. The number of piperazine rings is 1. The van der Waals surface area contributed by atoms with Crippen molar-refractivity contribution in [1.82, 2.24) is 14.1 Å². The molecule has 2 aliphatic heterocycles. The van der Waals surface area contributed by atoms with Gasteiger partial charge in [0, 0.05) is 26.2 Å². The van der Waals surface area contributed by atoms with E-state index in [1.54, 1.807) is 17.0 Å². The first-order valence-electron chi connectivity index (χ1n) is 9.99. The summed E-state index contributed by atoms with van der Waals surface area (Å²) < 4.78 is 31.5. The van der Waals surface area contributed by atoms with Crippen molar-refractivity contribution < 1.29 is 22.7 Å². The third-order valence-corrected chi connectivity index (χ3v) is 7.51. The minimum atomic E-state index is -3.39. The maximum absolute atomic E-state index is 12.6. The molecular weight excluding hydrogens is 394 g/mol. The van der Waals surface area contributed by atoms with Crippen LogP contribution < -0.4 is 0 Å². The molecule has 1 aromatic carbocycles. The van der Waals surface area contributed by atoms with Crippen LogP contribution in [0, 0.1) is 5.92 Å². The molecule has 8 nitrogen and oxygen atoms in total. The predicted octanol–water partition coefficient (Wildman–Crippen LogP) is 0.546. The lowest BCUT2D eigenvalue weighted by molar-refractivity contribution is -0.147. The van der Waals surface area contributed by atoms with Gasteiger partial charge in [0.1, 0.15) is 0 Å². The Morgan fingerprint density at radius 3 is 2.21 bits per heavy atom. The number of rotatable bonds is 6. The van der Waals surface area contributed by atoms with E-state index in [0.717, 1.165) is 5.56 Å². The van der Waals surface area contributed by atoms with Crippen LogP contribution in [0.5, 0.6) is 0 Å². The molecule has 3 rings (SSSR count). The first-order valence-corrected chi connectivity index (χ1v) is 11.6. The number of amides is 1. The van der Waals surface area contributed by atoms with Crippen LogP contribution in [0.25, 0.3) is 0 Å². The third kappa shape index (κ3) is 5.77. The summed E-state index contributed by atoms with van der Waals surface area (Å²) in [7, 11) is -1.99. The van der Waals surface area contributed by atoms with Crippen LogP contribution >= 0.6 is 0 Å². The number of carbonyl (C=O) groups excluding carboxylic acids is 2. The average Bonchev–Trinajstić information content (AvgIpc) is 2.74. The number of methoxy groups -OCH3 is 1. The maximum Gasteiger partial charge on any atom is 0.308 e. The SMILES string of the molecule is COC(=O)C1CCN(CC(=O)N2CCN(S(=O)(=O)Cc3ccccc3)CC2)CC1. The van der Waals surface area contributed by atoms with Gasteiger partial charge in [-0.2, -0.15) is 4.31 Å². The van der Waals surface area contributed by atoms with Gasteiger partial charge in [0.05, 0.1) is 25.3 Å². The summed E-state index contributed by atoms with van der Waals surface area (Å²) in [4.78, 5) is 28.0. The zero-order valence-corrected chi connectivity index (χ0v) is 17.6. The highest BCUT2D eigenvalue weighted by Crippen LogP contribution is 2.19. The van der Waals surface area contributed by atoms with Crippen molar-refractivity contribution in [2.24, 2.45) is 5.92 Å². The van der Waals surface area contributed by atoms with E-state index in [1.807, 2.05) is 18.2 Å². The normalized spacial score (nSPS) is 19.8. The molecule has 29 heavy (non-hydrogen) atoms. The van der Waals surface area contributed by atoms with Gasteiger partial charge < -0.3 is 9.64 Å². The topological polar surface area (TPSA) is 87.2 Å². The molecule has 0 unspecified atom stereocenters. The molecule has 0 spiro atoms. The molecule has 0 radical (unpaired) electrons. The van der Waals surface area contributed by atoms with Crippen LogP contribution in [0.4, 0.5) is 0 Å². The van der Waals surface area contributed by atoms with Crippen molar-refractivity contribution in [2.75, 3.05) is 52.9 Å². The molecule has 2 fully saturated rings. The Morgan fingerprint density at radius 1 is 1.00 bits per heavy atom. The van der Waals surface area contributed by atoms with E-state index in [1.165, 1.54) is 11.4 Å². The number of likely N-dealkylation sites (tertiary alicyclic amines) is 1. The Hall–Kier alpha value is -1.97. The second kappa shape index (κ2) is 9.69. The fourth-order valence-corrected chi connectivity index (χ4v) is 5.39. The second-order valence-electron chi connectivity index (χ2n) is 7.60. The summed E-state index contributed by atoms with van der Waals surface area (Å²) in [5.74, 6) is -0.258. The molecule has 0 atom stereocenters. The molecule has 0 saturated carbocycles.